The number of hydrogen-bond donors (Lipinski definition) is 1. The highest BCUT2D eigenvalue weighted by Crippen LogP contribution is 2.18. The van der Waals surface area contributed by atoms with Crippen molar-refractivity contribution in [3.05, 3.63) is 58.1 Å². The summed E-state index contributed by atoms with van der Waals surface area (Å²) < 4.78 is 42.6. The molecule has 2 rings (SSSR count). The molecule has 0 spiro atoms. The molecule has 0 aliphatic rings. The van der Waals surface area contributed by atoms with Crippen LogP contribution in [0.4, 0.5) is 13.2 Å². The third kappa shape index (κ3) is 3.04. The van der Waals surface area contributed by atoms with E-state index >= 15 is 0 Å². The first-order valence-electron chi connectivity index (χ1n) is 5.67. The molecule has 0 unspecified atom stereocenters. The topological polar surface area (TPSA) is 74.3 Å². The zero-order valence-electron chi connectivity index (χ0n) is 10.4. The van der Waals surface area contributed by atoms with Crippen molar-refractivity contribution in [1.29, 1.82) is 0 Å². The number of nitrogens with zero attached hydrogens (tertiary/aromatic N) is 1. The average Bonchev–Trinajstić information content (AvgIpc) is 2.39. The van der Waals surface area contributed by atoms with Gasteiger partial charge in [0.05, 0.1) is 5.69 Å². The van der Waals surface area contributed by atoms with Crippen molar-refractivity contribution in [2.45, 2.75) is 6.61 Å². The average molecular weight is 298 g/mol. The van der Waals surface area contributed by atoms with E-state index in [1.54, 1.807) is 0 Å². The van der Waals surface area contributed by atoms with Crippen molar-refractivity contribution < 1.29 is 22.7 Å². The Bertz CT molecular complexity index is 726. The number of hydrogen-bond acceptors (Lipinski definition) is 3. The van der Waals surface area contributed by atoms with E-state index in [-0.39, 0.29) is 5.69 Å². The molecule has 0 fully saturated rings. The molecular formula is C13H9F3N2O3. The second kappa shape index (κ2) is 5.70. The standard InChI is InChI=1S/C13H9F3N2O3/c14-7-1-3-8(4-2-7)18-10(21-13(15)16)6-5-9(11(17)19)12(18)20/h1-6,13H,(H2,17,19). The van der Waals surface area contributed by atoms with Gasteiger partial charge in [0.15, 0.2) is 0 Å². The number of rotatable bonds is 4. The van der Waals surface area contributed by atoms with Crippen LogP contribution >= 0.6 is 0 Å². The van der Waals surface area contributed by atoms with Crippen molar-refractivity contribution in [3.63, 3.8) is 0 Å². The van der Waals surface area contributed by atoms with Crippen molar-refractivity contribution in [1.82, 2.24) is 4.57 Å². The number of alkyl halides is 2. The number of amides is 1. The molecule has 8 heteroatoms. The van der Waals surface area contributed by atoms with Crippen LogP contribution in [0.25, 0.3) is 5.69 Å². The van der Waals surface area contributed by atoms with Gasteiger partial charge >= 0.3 is 6.61 Å². The van der Waals surface area contributed by atoms with Crippen LogP contribution in [0, 0.1) is 5.82 Å². The molecule has 1 heterocycles. The van der Waals surface area contributed by atoms with E-state index in [2.05, 4.69) is 4.74 Å². The smallest absolute Gasteiger partial charge is 0.388 e. The van der Waals surface area contributed by atoms with Gasteiger partial charge in [0.25, 0.3) is 11.5 Å². The van der Waals surface area contributed by atoms with Gasteiger partial charge < -0.3 is 10.5 Å². The summed E-state index contributed by atoms with van der Waals surface area (Å²) in [6.07, 6.45) is 0. The molecule has 0 aliphatic carbocycles. The van der Waals surface area contributed by atoms with Crippen LogP contribution in [0.15, 0.2) is 41.2 Å². The van der Waals surface area contributed by atoms with Gasteiger partial charge in [-0.25, -0.2) is 8.96 Å². The Kier molecular flexibility index (Phi) is 3.97. The van der Waals surface area contributed by atoms with Gasteiger partial charge in [-0.15, -0.1) is 0 Å². The predicted molar refractivity (Wildman–Crippen MR) is 67.1 cm³/mol. The second-order valence-electron chi connectivity index (χ2n) is 3.94. The number of aromatic nitrogens is 1. The summed E-state index contributed by atoms with van der Waals surface area (Å²) in [7, 11) is 0. The highest BCUT2D eigenvalue weighted by molar-refractivity contribution is 5.92. The van der Waals surface area contributed by atoms with Crippen LogP contribution in [0.5, 0.6) is 5.88 Å². The van der Waals surface area contributed by atoms with Gasteiger partial charge in [0, 0.05) is 6.07 Å². The van der Waals surface area contributed by atoms with E-state index in [1.165, 1.54) is 12.1 Å². The quantitative estimate of drug-likeness (QED) is 0.933. The lowest BCUT2D eigenvalue weighted by Gasteiger charge is -2.14. The Morgan fingerprint density at radius 3 is 2.29 bits per heavy atom. The molecule has 1 aromatic carbocycles. The van der Waals surface area contributed by atoms with Crippen molar-refractivity contribution in [2.24, 2.45) is 5.73 Å². The maximum absolute atomic E-state index is 12.9. The first-order chi connectivity index (χ1) is 9.90. The van der Waals surface area contributed by atoms with Gasteiger partial charge in [-0.3, -0.25) is 9.59 Å². The number of carbonyl (C=O) groups is 1. The fourth-order valence-electron chi connectivity index (χ4n) is 1.73. The van der Waals surface area contributed by atoms with Crippen LogP contribution in [0.1, 0.15) is 10.4 Å². The Balaban J connectivity index is 2.69. The van der Waals surface area contributed by atoms with E-state index in [0.29, 0.717) is 4.57 Å². The minimum absolute atomic E-state index is 0.0557. The number of benzene rings is 1. The van der Waals surface area contributed by atoms with E-state index in [0.717, 1.165) is 24.3 Å². The first kappa shape index (κ1) is 14.6. The van der Waals surface area contributed by atoms with Crippen molar-refractivity contribution in [2.75, 3.05) is 0 Å². The number of nitrogens with two attached hydrogens (primary N) is 1. The summed E-state index contributed by atoms with van der Waals surface area (Å²) in [5.74, 6) is -2.08. The Hall–Kier alpha value is -2.77. The van der Waals surface area contributed by atoms with Crippen LogP contribution < -0.4 is 16.0 Å². The molecular weight excluding hydrogens is 289 g/mol. The fourth-order valence-corrected chi connectivity index (χ4v) is 1.73. The van der Waals surface area contributed by atoms with Gasteiger partial charge in [0.2, 0.25) is 5.88 Å². The van der Waals surface area contributed by atoms with Gasteiger partial charge in [-0.05, 0) is 30.3 Å². The van der Waals surface area contributed by atoms with Crippen LogP contribution in [-0.2, 0) is 0 Å². The third-order valence-electron chi connectivity index (χ3n) is 2.61. The highest BCUT2D eigenvalue weighted by Gasteiger charge is 2.17. The lowest BCUT2D eigenvalue weighted by atomic mass is 10.2. The summed E-state index contributed by atoms with van der Waals surface area (Å²) in [5, 5.41) is 0. The number of primary amides is 1. The normalized spacial score (nSPS) is 10.7. The predicted octanol–water partition coefficient (Wildman–Crippen LogP) is 1.68. The summed E-state index contributed by atoms with van der Waals surface area (Å²) in [6.45, 7) is -3.17. The Morgan fingerprint density at radius 1 is 1.14 bits per heavy atom. The SMILES string of the molecule is NC(=O)c1ccc(OC(F)F)n(-c2ccc(F)cc2)c1=O. The summed E-state index contributed by atoms with van der Waals surface area (Å²) in [4.78, 5) is 23.3. The van der Waals surface area contributed by atoms with E-state index in [1.807, 2.05) is 0 Å². The van der Waals surface area contributed by atoms with Crippen molar-refractivity contribution >= 4 is 5.91 Å². The molecule has 0 radical (unpaired) electrons. The maximum Gasteiger partial charge on any atom is 0.388 e. The first-order valence-corrected chi connectivity index (χ1v) is 5.67. The van der Waals surface area contributed by atoms with E-state index in [9.17, 15) is 22.8 Å². The zero-order valence-corrected chi connectivity index (χ0v) is 10.4. The fraction of sp³-hybridized carbons (Fsp3) is 0.0769. The van der Waals surface area contributed by atoms with Gasteiger partial charge in [-0.2, -0.15) is 8.78 Å². The minimum Gasteiger partial charge on any atom is -0.418 e. The van der Waals surface area contributed by atoms with E-state index in [4.69, 9.17) is 5.73 Å². The van der Waals surface area contributed by atoms with Crippen LogP contribution in [0.2, 0.25) is 0 Å². The molecule has 21 heavy (non-hydrogen) atoms. The molecule has 5 nitrogen and oxygen atoms in total. The molecule has 110 valence electrons. The minimum atomic E-state index is -3.17. The Morgan fingerprint density at radius 2 is 1.76 bits per heavy atom. The molecule has 1 aromatic heterocycles. The molecule has 1 amide bonds. The third-order valence-corrected chi connectivity index (χ3v) is 2.61. The summed E-state index contributed by atoms with van der Waals surface area (Å²) in [5.41, 5.74) is 3.75. The largest absolute Gasteiger partial charge is 0.418 e. The summed E-state index contributed by atoms with van der Waals surface area (Å²) in [6, 6.07) is 6.43. The van der Waals surface area contributed by atoms with Gasteiger partial charge in [0.1, 0.15) is 11.4 Å². The molecule has 0 saturated heterocycles. The monoisotopic (exact) mass is 298 g/mol. The zero-order chi connectivity index (χ0) is 15.6. The molecule has 2 aromatic rings. The molecule has 0 atom stereocenters. The summed E-state index contributed by atoms with van der Waals surface area (Å²) >= 11 is 0. The number of halogens is 3. The Labute approximate surface area is 116 Å². The highest BCUT2D eigenvalue weighted by atomic mass is 19.3. The molecule has 0 aliphatic heterocycles. The number of ether oxygens (including phenoxy) is 1. The maximum atomic E-state index is 12.9. The number of carbonyl (C=O) groups excluding carboxylic acids is 1. The molecule has 0 saturated carbocycles. The van der Waals surface area contributed by atoms with Crippen molar-refractivity contribution in [3.8, 4) is 11.6 Å². The number of pyridine rings is 1. The second-order valence-corrected chi connectivity index (χ2v) is 3.94. The van der Waals surface area contributed by atoms with Gasteiger partial charge in [-0.1, -0.05) is 0 Å². The van der Waals surface area contributed by atoms with E-state index < -0.39 is 35.3 Å². The molecule has 0 bridgehead atoms. The lowest BCUT2D eigenvalue weighted by Crippen LogP contribution is -2.29. The lowest BCUT2D eigenvalue weighted by molar-refractivity contribution is -0.0544. The van der Waals surface area contributed by atoms with Crippen LogP contribution in [-0.4, -0.2) is 17.1 Å². The van der Waals surface area contributed by atoms with Crippen LogP contribution in [0.3, 0.4) is 0 Å². The molecule has 2 N–H and O–H groups in total.